The van der Waals surface area contributed by atoms with Crippen LogP contribution in [0.1, 0.15) is 5.56 Å². The maximum absolute atomic E-state index is 13.4. The molecule has 0 saturated carbocycles. The highest BCUT2D eigenvalue weighted by Gasteiger charge is 2.28. The molecule has 0 atom stereocenters. The number of non-ortho nitro benzene ring substituents is 1. The Morgan fingerprint density at radius 2 is 1.79 bits per heavy atom. The van der Waals surface area contributed by atoms with E-state index in [0.29, 0.717) is 23.4 Å². The maximum Gasteiger partial charge on any atom is 0.275 e. The summed E-state index contributed by atoms with van der Waals surface area (Å²) in [7, 11) is 1.88. The van der Waals surface area contributed by atoms with Crippen molar-refractivity contribution in [3.8, 4) is 11.8 Å². The van der Waals surface area contributed by atoms with E-state index in [2.05, 4.69) is 10.6 Å². The van der Waals surface area contributed by atoms with Crippen molar-refractivity contribution in [2.75, 3.05) is 18.5 Å². The SMILES string of the molecule is CN1CCn2c3ccccc3c3c2c1c(C#N)c(=O)n3-c1ccc([N+](=O)[O-])cc1. The van der Waals surface area contributed by atoms with Gasteiger partial charge in [-0.3, -0.25) is 19.5 Å². The molecule has 0 unspecified atom stereocenters. The first-order valence-electron chi connectivity index (χ1n) is 9.09. The number of aromatic nitrogens is 2. The van der Waals surface area contributed by atoms with E-state index >= 15 is 0 Å². The standard InChI is InChI=1S/C21H15N5O3/c1-23-10-11-24-17-5-3-2-4-15(17)19-20(24)18(23)16(12-22)21(27)25(19)13-6-8-14(9-7-13)26(28)29/h2-9H,10-11H2,1H3. The molecular weight excluding hydrogens is 370 g/mol. The zero-order valence-electron chi connectivity index (χ0n) is 15.5. The highest BCUT2D eigenvalue weighted by Crippen LogP contribution is 2.39. The lowest BCUT2D eigenvalue weighted by Gasteiger charge is -2.28. The number of benzene rings is 2. The van der Waals surface area contributed by atoms with Crippen molar-refractivity contribution in [1.82, 2.24) is 9.13 Å². The van der Waals surface area contributed by atoms with Gasteiger partial charge in [0.2, 0.25) is 0 Å². The number of pyridine rings is 1. The zero-order valence-corrected chi connectivity index (χ0v) is 15.5. The average Bonchev–Trinajstić information content (AvgIpc) is 3.05. The molecule has 0 spiro atoms. The van der Waals surface area contributed by atoms with E-state index in [1.807, 2.05) is 36.2 Å². The Kier molecular flexibility index (Phi) is 3.48. The van der Waals surface area contributed by atoms with E-state index < -0.39 is 10.5 Å². The van der Waals surface area contributed by atoms with Gasteiger partial charge < -0.3 is 9.47 Å². The predicted molar refractivity (Wildman–Crippen MR) is 110 cm³/mol. The smallest absolute Gasteiger partial charge is 0.275 e. The molecule has 142 valence electrons. The fraction of sp³-hybridized carbons (Fsp3) is 0.143. The number of nitrogens with zero attached hydrogens (tertiary/aromatic N) is 5. The molecule has 3 heterocycles. The van der Waals surface area contributed by atoms with Crippen LogP contribution >= 0.6 is 0 Å². The zero-order chi connectivity index (χ0) is 20.3. The van der Waals surface area contributed by atoms with E-state index in [4.69, 9.17) is 0 Å². The quantitative estimate of drug-likeness (QED) is 0.390. The van der Waals surface area contributed by atoms with Crippen LogP contribution in [0, 0.1) is 21.4 Å². The summed E-state index contributed by atoms with van der Waals surface area (Å²) in [6, 6.07) is 15.7. The average molecular weight is 385 g/mol. The van der Waals surface area contributed by atoms with Crippen molar-refractivity contribution >= 4 is 33.3 Å². The van der Waals surface area contributed by atoms with Crippen molar-refractivity contribution in [2.24, 2.45) is 0 Å². The number of hydrogen-bond acceptors (Lipinski definition) is 5. The van der Waals surface area contributed by atoms with Crippen LogP contribution in [0.4, 0.5) is 11.4 Å². The third kappa shape index (κ3) is 2.21. The number of nitro groups is 1. The van der Waals surface area contributed by atoms with Crippen LogP contribution in [0.15, 0.2) is 53.3 Å². The summed E-state index contributed by atoms with van der Waals surface area (Å²) in [6.45, 7) is 1.42. The fourth-order valence-electron chi connectivity index (χ4n) is 4.22. The first-order valence-corrected chi connectivity index (χ1v) is 9.09. The van der Waals surface area contributed by atoms with Gasteiger partial charge in [-0.25, -0.2) is 0 Å². The number of rotatable bonds is 2. The molecule has 2 aromatic heterocycles. The summed E-state index contributed by atoms with van der Waals surface area (Å²) in [5.74, 6) is 0. The van der Waals surface area contributed by atoms with Crippen LogP contribution in [0.3, 0.4) is 0 Å². The summed E-state index contributed by atoms with van der Waals surface area (Å²) >= 11 is 0. The second-order valence-electron chi connectivity index (χ2n) is 7.04. The Bertz CT molecular complexity index is 1420. The Morgan fingerprint density at radius 3 is 2.48 bits per heavy atom. The van der Waals surface area contributed by atoms with Crippen LogP contribution in [-0.2, 0) is 6.54 Å². The molecule has 2 aromatic carbocycles. The summed E-state index contributed by atoms with van der Waals surface area (Å²) in [5.41, 5.74) is 3.23. The highest BCUT2D eigenvalue weighted by atomic mass is 16.6. The molecule has 0 N–H and O–H groups in total. The monoisotopic (exact) mass is 385 g/mol. The first-order chi connectivity index (χ1) is 14.0. The largest absolute Gasteiger partial charge is 0.370 e. The highest BCUT2D eigenvalue weighted by molar-refractivity contribution is 6.12. The number of anilines is 1. The van der Waals surface area contributed by atoms with Gasteiger partial charge in [0.05, 0.1) is 27.2 Å². The molecule has 0 aliphatic carbocycles. The molecule has 0 fully saturated rings. The normalized spacial score (nSPS) is 13.0. The molecule has 29 heavy (non-hydrogen) atoms. The second kappa shape index (κ2) is 5.94. The molecule has 0 radical (unpaired) electrons. The Morgan fingerprint density at radius 1 is 1.07 bits per heavy atom. The Balaban J connectivity index is 2.00. The lowest BCUT2D eigenvalue weighted by molar-refractivity contribution is -0.384. The van der Waals surface area contributed by atoms with Gasteiger partial charge in [-0.1, -0.05) is 18.2 Å². The van der Waals surface area contributed by atoms with E-state index in [1.165, 1.54) is 16.7 Å². The molecule has 1 aliphatic rings. The van der Waals surface area contributed by atoms with Gasteiger partial charge in [0.25, 0.3) is 11.2 Å². The number of hydrogen-bond donors (Lipinski definition) is 0. The van der Waals surface area contributed by atoms with Crippen molar-refractivity contribution in [3.63, 3.8) is 0 Å². The first kappa shape index (κ1) is 17.0. The number of likely N-dealkylation sites (N-methyl/N-ethyl adjacent to an activating group) is 1. The summed E-state index contributed by atoms with van der Waals surface area (Å²) < 4.78 is 3.64. The van der Waals surface area contributed by atoms with Crippen LogP contribution in [0.5, 0.6) is 0 Å². The van der Waals surface area contributed by atoms with Gasteiger partial charge in [0.1, 0.15) is 11.6 Å². The van der Waals surface area contributed by atoms with Crippen molar-refractivity contribution in [2.45, 2.75) is 6.54 Å². The van der Waals surface area contributed by atoms with Crippen LogP contribution in [-0.4, -0.2) is 27.6 Å². The lowest BCUT2D eigenvalue weighted by Crippen LogP contribution is -2.32. The molecule has 4 aromatic rings. The summed E-state index contributed by atoms with van der Waals surface area (Å²) in [5, 5.41) is 21.7. The third-order valence-electron chi connectivity index (χ3n) is 5.52. The number of nitriles is 1. The van der Waals surface area contributed by atoms with Gasteiger partial charge in [0, 0.05) is 43.3 Å². The van der Waals surface area contributed by atoms with E-state index in [9.17, 15) is 20.2 Å². The van der Waals surface area contributed by atoms with Gasteiger partial charge in [-0.05, 0) is 18.2 Å². The van der Waals surface area contributed by atoms with E-state index in [0.717, 1.165) is 23.0 Å². The molecule has 0 amide bonds. The molecule has 0 bridgehead atoms. The lowest BCUT2D eigenvalue weighted by atomic mass is 10.1. The van der Waals surface area contributed by atoms with Crippen LogP contribution < -0.4 is 10.5 Å². The topological polar surface area (TPSA) is 97.1 Å². The minimum atomic E-state index is -0.481. The third-order valence-corrected chi connectivity index (χ3v) is 5.52. The molecule has 8 heteroatoms. The number of fused-ring (bicyclic) bond motifs is 3. The fourth-order valence-corrected chi connectivity index (χ4v) is 4.22. The number of para-hydroxylation sites is 1. The van der Waals surface area contributed by atoms with Gasteiger partial charge in [-0.15, -0.1) is 0 Å². The molecule has 1 aliphatic heterocycles. The van der Waals surface area contributed by atoms with E-state index in [-0.39, 0.29) is 11.3 Å². The molecule has 8 nitrogen and oxygen atoms in total. The molecular formula is C21H15N5O3. The number of nitro benzene ring substituents is 1. The van der Waals surface area contributed by atoms with Crippen molar-refractivity contribution in [1.29, 1.82) is 5.26 Å². The minimum absolute atomic E-state index is 0.0570. The summed E-state index contributed by atoms with van der Waals surface area (Å²) in [4.78, 5) is 25.9. The summed E-state index contributed by atoms with van der Waals surface area (Å²) in [6.07, 6.45) is 0. The van der Waals surface area contributed by atoms with Crippen molar-refractivity contribution in [3.05, 3.63) is 74.6 Å². The molecule has 5 rings (SSSR count). The Labute approximate surface area is 164 Å². The van der Waals surface area contributed by atoms with E-state index in [1.54, 1.807) is 12.1 Å². The predicted octanol–water partition coefficient (Wildman–Crippen LogP) is 3.18. The van der Waals surface area contributed by atoms with Gasteiger partial charge in [-0.2, -0.15) is 5.26 Å². The maximum atomic E-state index is 13.4. The van der Waals surface area contributed by atoms with Crippen molar-refractivity contribution < 1.29 is 4.92 Å². The second-order valence-corrected chi connectivity index (χ2v) is 7.04. The Hall–Kier alpha value is -4.12. The minimum Gasteiger partial charge on any atom is -0.370 e. The van der Waals surface area contributed by atoms with Gasteiger partial charge >= 0.3 is 0 Å². The van der Waals surface area contributed by atoms with Gasteiger partial charge in [0.15, 0.2) is 0 Å². The van der Waals surface area contributed by atoms with Crippen LogP contribution in [0.25, 0.3) is 27.6 Å². The molecule has 0 saturated heterocycles. The van der Waals surface area contributed by atoms with Crippen LogP contribution in [0.2, 0.25) is 0 Å².